The quantitative estimate of drug-likeness (QED) is 0.828. The van der Waals surface area contributed by atoms with Crippen molar-refractivity contribution in [2.45, 2.75) is 20.4 Å². The molecule has 2 rings (SSSR count). The van der Waals surface area contributed by atoms with Crippen LogP contribution in [0.3, 0.4) is 0 Å². The second kappa shape index (κ2) is 7.92. The molecular formula is C18H19BrN2O2. The van der Waals surface area contributed by atoms with E-state index in [1.54, 1.807) is 6.07 Å². The van der Waals surface area contributed by atoms with E-state index in [0.717, 1.165) is 15.6 Å². The summed E-state index contributed by atoms with van der Waals surface area (Å²) in [6.45, 7) is 4.70. The molecule has 120 valence electrons. The van der Waals surface area contributed by atoms with Gasteiger partial charge in [0.25, 0.3) is 0 Å². The Balaban J connectivity index is 2.06. The van der Waals surface area contributed by atoms with E-state index in [0.29, 0.717) is 18.8 Å². The summed E-state index contributed by atoms with van der Waals surface area (Å²) in [5, 5.41) is 2.66. The molecule has 0 aliphatic carbocycles. The number of nitrogens with zero attached hydrogens (tertiary/aromatic N) is 1. The minimum atomic E-state index is -0.632. The number of carbonyl (C=O) groups is 2. The van der Waals surface area contributed by atoms with Gasteiger partial charge in [-0.25, -0.2) is 0 Å². The van der Waals surface area contributed by atoms with Gasteiger partial charge in [0.2, 0.25) is 0 Å². The summed E-state index contributed by atoms with van der Waals surface area (Å²) in [5.74, 6) is -1.17. The molecule has 23 heavy (non-hydrogen) atoms. The van der Waals surface area contributed by atoms with E-state index >= 15 is 0 Å². The summed E-state index contributed by atoms with van der Waals surface area (Å²) < 4.78 is 0.754. The van der Waals surface area contributed by atoms with Gasteiger partial charge in [0.15, 0.2) is 0 Å². The van der Waals surface area contributed by atoms with Crippen molar-refractivity contribution in [1.82, 2.24) is 4.90 Å². The topological polar surface area (TPSA) is 49.4 Å². The van der Waals surface area contributed by atoms with E-state index in [4.69, 9.17) is 0 Å². The molecule has 2 aromatic carbocycles. The van der Waals surface area contributed by atoms with Crippen LogP contribution in [0.1, 0.15) is 18.1 Å². The first-order valence-electron chi connectivity index (χ1n) is 7.41. The van der Waals surface area contributed by atoms with Crippen LogP contribution in [0.2, 0.25) is 0 Å². The smallest absolute Gasteiger partial charge is 0.313 e. The number of nitrogens with one attached hydrogen (secondary N) is 1. The maximum Gasteiger partial charge on any atom is 0.313 e. The highest BCUT2D eigenvalue weighted by Gasteiger charge is 2.21. The highest BCUT2D eigenvalue weighted by Crippen LogP contribution is 2.23. The summed E-state index contributed by atoms with van der Waals surface area (Å²) in [6, 6.07) is 15.2. The van der Waals surface area contributed by atoms with Crippen LogP contribution in [-0.4, -0.2) is 23.3 Å². The number of rotatable bonds is 4. The Morgan fingerprint density at radius 1 is 1.13 bits per heavy atom. The van der Waals surface area contributed by atoms with Gasteiger partial charge in [-0.15, -0.1) is 0 Å². The minimum Gasteiger partial charge on any atom is -0.330 e. The molecule has 0 saturated heterocycles. The van der Waals surface area contributed by atoms with Crippen molar-refractivity contribution >= 4 is 33.4 Å². The maximum absolute atomic E-state index is 12.4. The minimum absolute atomic E-state index is 0.415. The van der Waals surface area contributed by atoms with E-state index in [-0.39, 0.29) is 0 Å². The molecule has 0 aromatic heterocycles. The Hall–Kier alpha value is -2.14. The van der Waals surface area contributed by atoms with Crippen LogP contribution in [0, 0.1) is 6.92 Å². The standard InChI is InChI=1S/C18H19BrN2O2/c1-3-21(12-14-7-5-4-6-8-14)18(23)17(22)20-16-10-9-13(2)11-15(16)19/h4-11H,3,12H2,1-2H3,(H,20,22). The Bertz CT molecular complexity index is 701. The van der Waals surface area contributed by atoms with E-state index in [9.17, 15) is 9.59 Å². The first-order chi connectivity index (χ1) is 11.0. The van der Waals surface area contributed by atoms with Crippen molar-refractivity contribution in [3.8, 4) is 0 Å². The largest absolute Gasteiger partial charge is 0.330 e. The molecule has 5 heteroatoms. The molecule has 0 unspecified atom stereocenters. The fraction of sp³-hybridized carbons (Fsp3) is 0.222. The van der Waals surface area contributed by atoms with Gasteiger partial charge >= 0.3 is 11.8 Å². The summed E-state index contributed by atoms with van der Waals surface area (Å²) in [5.41, 5.74) is 2.65. The van der Waals surface area contributed by atoms with Crippen LogP contribution in [0.25, 0.3) is 0 Å². The van der Waals surface area contributed by atoms with Gasteiger partial charge in [0.05, 0.1) is 5.69 Å². The summed E-state index contributed by atoms with van der Waals surface area (Å²) in [7, 11) is 0. The van der Waals surface area contributed by atoms with Crippen LogP contribution in [-0.2, 0) is 16.1 Å². The normalized spacial score (nSPS) is 10.2. The first kappa shape index (κ1) is 17.2. The molecular weight excluding hydrogens is 356 g/mol. The molecule has 0 saturated carbocycles. The number of amides is 2. The van der Waals surface area contributed by atoms with E-state index in [1.165, 1.54) is 4.90 Å². The lowest BCUT2D eigenvalue weighted by atomic mass is 10.2. The van der Waals surface area contributed by atoms with E-state index in [1.807, 2.05) is 56.3 Å². The average Bonchev–Trinajstić information content (AvgIpc) is 2.55. The molecule has 4 nitrogen and oxygen atoms in total. The third-order valence-corrected chi connectivity index (χ3v) is 4.11. The molecule has 0 atom stereocenters. The number of carbonyl (C=O) groups excluding carboxylic acids is 2. The van der Waals surface area contributed by atoms with Crippen LogP contribution in [0.5, 0.6) is 0 Å². The highest BCUT2D eigenvalue weighted by molar-refractivity contribution is 9.10. The van der Waals surface area contributed by atoms with E-state index in [2.05, 4.69) is 21.2 Å². The lowest BCUT2D eigenvalue weighted by molar-refractivity contribution is -0.143. The second-order valence-electron chi connectivity index (χ2n) is 5.24. The number of halogens is 1. The lowest BCUT2D eigenvalue weighted by Gasteiger charge is -2.20. The molecule has 0 radical (unpaired) electrons. The maximum atomic E-state index is 12.4. The molecule has 2 amide bonds. The van der Waals surface area contributed by atoms with Gasteiger partial charge in [-0.1, -0.05) is 36.4 Å². The monoisotopic (exact) mass is 374 g/mol. The number of likely N-dealkylation sites (N-methyl/N-ethyl adjacent to an activating group) is 1. The Kier molecular flexibility index (Phi) is 5.93. The van der Waals surface area contributed by atoms with Crippen LogP contribution >= 0.6 is 15.9 Å². The molecule has 0 heterocycles. The second-order valence-corrected chi connectivity index (χ2v) is 6.10. The van der Waals surface area contributed by atoms with Gasteiger partial charge in [0.1, 0.15) is 0 Å². The summed E-state index contributed by atoms with van der Waals surface area (Å²) in [6.07, 6.45) is 0. The first-order valence-corrected chi connectivity index (χ1v) is 8.21. The number of hydrogen-bond acceptors (Lipinski definition) is 2. The van der Waals surface area contributed by atoms with Crippen molar-refractivity contribution in [2.24, 2.45) is 0 Å². The predicted molar refractivity (Wildman–Crippen MR) is 95.0 cm³/mol. The van der Waals surface area contributed by atoms with Crippen molar-refractivity contribution in [1.29, 1.82) is 0 Å². The predicted octanol–water partition coefficient (Wildman–Crippen LogP) is 3.74. The lowest BCUT2D eigenvalue weighted by Crippen LogP contribution is -2.39. The van der Waals surface area contributed by atoms with E-state index < -0.39 is 11.8 Å². The molecule has 0 aliphatic heterocycles. The zero-order valence-corrected chi connectivity index (χ0v) is 14.8. The molecule has 0 bridgehead atoms. The van der Waals surface area contributed by atoms with Crippen molar-refractivity contribution in [3.63, 3.8) is 0 Å². The number of aryl methyl sites for hydroxylation is 1. The zero-order chi connectivity index (χ0) is 16.8. The fourth-order valence-electron chi connectivity index (χ4n) is 2.17. The van der Waals surface area contributed by atoms with Crippen molar-refractivity contribution in [2.75, 3.05) is 11.9 Å². The van der Waals surface area contributed by atoms with Gasteiger partial charge in [-0.05, 0) is 53.0 Å². The van der Waals surface area contributed by atoms with Crippen LogP contribution < -0.4 is 5.32 Å². The van der Waals surface area contributed by atoms with Crippen molar-refractivity contribution in [3.05, 3.63) is 64.1 Å². The third kappa shape index (κ3) is 4.66. The summed E-state index contributed by atoms with van der Waals surface area (Å²) in [4.78, 5) is 26.1. The Morgan fingerprint density at radius 2 is 1.83 bits per heavy atom. The van der Waals surface area contributed by atoms with Gasteiger partial charge < -0.3 is 10.2 Å². The fourth-order valence-corrected chi connectivity index (χ4v) is 2.76. The highest BCUT2D eigenvalue weighted by atomic mass is 79.9. The number of benzene rings is 2. The zero-order valence-electron chi connectivity index (χ0n) is 13.2. The Labute approximate surface area is 144 Å². The molecule has 0 fully saturated rings. The number of hydrogen-bond donors (Lipinski definition) is 1. The summed E-state index contributed by atoms with van der Waals surface area (Å²) >= 11 is 3.39. The number of anilines is 1. The third-order valence-electron chi connectivity index (χ3n) is 3.45. The Morgan fingerprint density at radius 3 is 2.43 bits per heavy atom. The van der Waals surface area contributed by atoms with Gasteiger partial charge in [0, 0.05) is 17.6 Å². The molecule has 2 aromatic rings. The average molecular weight is 375 g/mol. The van der Waals surface area contributed by atoms with Gasteiger partial charge in [-0.2, -0.15) is 0 Å². The van der Waals surface area contributed by atoms with Gasteiger partial charge in [-0.3, -0.25) is 9.59 Å². The molecule has 0 aliphatic rings. The SMILES string of the molecule is CCN(Cc1ccccc1)C(=O)C(=O)Nc1ccc(C)cc1Br. The van der Waals surface area contributed by atoms with Crippen molar-refractivity contribution < 1.29 is 9.59 Å². The molecule has 0 spiro atoms. The van der Waals surface area contributed by atoms with Crippen LogP contribution in [0.4, 0.5) is 5.69 Å². The van der Waals surface area contributed by atoms with Crippen LogP contribution in [0.15, 0.2) is 53.0 Å². The molecule has 1 N–H and O–H groups in total.